The second-order valence-electron chi connectivity index (χ2n) is 8.18. The number of rotatable bonds is 7. The van der Waals surface area contributed by atoms with E-state index in [0.29, 0.717) is 22.6 Å². The number of amides is 1. The fourth-order valence-electron chi connectivity index (χ4n) is 3.67. The molecule has 1 amide bonds. The van der Waals surface area contributed by atoms with Crippen molar-refractivity contribution in [1.82, 2.24) is 14.5 Å². The Morgan fingerprint density at radius 1 is 0.914 bits per heavy atom. The van der Waals surface area contributed by atoms with Crippen LogP contribution >= 0.6 is 0 Å². The van der Waals surface area contributed by atoms with Gasteiger partial charge in [0.05, 0.1) is 17.8 Å². The van der Waals surface area contributed by atoms with E-state index >= 15 is 0 Å². The zero-order valence-electron chi connectivity index (χ0n) is 19.3. The molecule has 0 atom stereocenters. The van der Waals surface area contributed by atoms with E-state index in [-0.39, 0.29) is 29.9 Å². The van der Waals surface area contributed by atoms with Crippen LogP contribution in [0.1, 0.15) is 24.5 Å². The fourth-order valence-corrected chi connectivity index (χ4v) is 3.67. The van der Waals surface area contributed by atoms with E-state index in [1.165, 1.54) is 29.7 Å². The largest absolute Gasteiger partial charge is 0.326 e. The minimum absolute atomic E-state index is 0.0548. The average Bonchev–Trinajstić information content (AvgIpc) is 2.86. The van der Waals surface area contributed by atoms with Crippen molar-refractivity contribution in [2.24, 2.45) is 7.05 Å². The number of aryl methyl sites for hydroxylation is 1. The van der Waals surface area contributed by atoms with Crippen LogP contribution in [0.3, 0.4) is 0 Å². The molecule has 0 aliphatic carbocycles. The predicted molar refractivity (Wildman–Crippen MR) is 131 cm³/mol. The van der Waals surface area contributed by atoms with Crippen molar-refractivity contribution in [3.05, 3.63) is 101 Å². The van der Waals surface area contributed by atoms with E-state index in [0.717, 1.165) is 11.1 Å². The van der Waals surface area contributed by atoms with E-state index in [1.54, 1.807) is 56.0 Å². The summed E-state index contributed by atoms with van der Waals surface area (Å²) in [5.74, 6) is -3.12. The van der Waals surface area contributed by atoms with Crippen molar-refractivity contribution in [3.8, 4) is 22.5 Å². The Kier molecular flexibility index (Phi) is 6.82. The molecule has 2 aromatic carbocycles. The van der Waals surface area contributed by atoms with Crippen LogP contribution in [0.4, 0.5) is 14.5 Å². The van der Waals surface area contributed by atoms with Gasteiger partial charge in [0.25, 0.3) is 5.92 Å². The first-order valence-electron chi connectivity index (χ1n) is 11.1. The van der Waals surface area contributed by atoms with E-state index in [9.17, 15) is 18.4 Å². The molecule has 4 aromatic rings. The molecular weight excluding hydrogens is 450 g/mol. The number of aromatic nitrogens is 3. The number of nitrogens with one attached hydrogen (secondary N) is 1. The topological polar surface area (TPSA) is 76.9 Å². The van der Waals surface area contributed by atoms with Gasteiger partial charge in [-0.15, -0.1) is 0 Å². The van der Waals surface area contributed by atoms with Crippen molar-refractivity contribution in [2.45, 2.75) is 25.7 Å². The smallest absolute Gasteiger partial charge is 0.273 e. The lowest BCUT2D eigenvalue weighted by Gasteiger charge is -2.14. The molecule has 0 bridgehead atoms. The molecule has 8 heteroatoms. The van der Waals surface area contributed by atoms with Crippen LogP contribution in [-0.2, 0) is 24.2 Å². The van der Waals surface area contributed by atoms with Crippen LogP contribution in [0.25, 0.3) is 22.5 Å². The van der Waals surface area contributed by atoms with Gasteiger partial charge in [0.1, 0.15) is 0 Å². The number of hydrogen-bond donors (Lipinski definition) is 1. The highest BCUT2D eigenvalue weighted by molar-refractivity contribution is 5.92. The quantitative estimate of drug-likeness (QED) is 0.400. The van der Waals surface area contributed by atoms with Crippen LogP contribution in [0.2, 0.25) is 0 Å². The maximum absolute atomic E-state index is 13.8. The minimum Gasteiger partial charge on any atom is -0.326 e. The Balaban J connectivity index is 1.47. The maximum Gasteiger partial charge on any atom is 0.273 e. The van der Waals surface area contributed by atoms with Gasteiger partial charge < -0.3 is 9.88 Å². The van der Waals surface area contributed by atoms with Crippen LogP contribution in [0.15, 0.2) is 84.0 Å². The summed E-state index contributed by atoms with van der Waals surface area (Å²) in [4.78, 5) is 33.1. The number of benzene rings is 2. The third-order valence-electron chi connectivity index (χ3n) is 5.68. The summed E-state index contributed by atoms with van der Waals surface area (Å²) in [6.45, 7) is 1.43. The summed E-state index contributed by atoms with van der Waals surface area (Å²) < 4.78 is 29.0. The average molecular weight is 475 g/mol. The number of nitrogens with zero attached hydrogens (tertiary/aromatic N) is 3. The number of pyridine rings is 1. The first-order chi connectivity index (χ1) is 16.8. The molecule has 2 heterocycles. The van der Waals surface area contributed by atoms with Gasteiger partial charge >= 0.3 is 0 Å². The lowest BCUT2D eigenvalue weighted by atomic mass is 10.0. The van der Waals surface area contributed by atoms with E-state index < -0.39 is 5.92 Å². The number of halogens is 2. The van der Waals surface area contributed by atoms with Gasteiger partial charge in [0, 0.05) is 60.5 Å². The molecule has 0 saturated heterocycles. The summed E-state index contributed by atoms with van der Waals surface area (Å²) in [7, 11) is 1.67. The summed E-state index contributed by atoms with van der Waals surface area (Å²) >= 11 is 0. The number of carbonyl (C=O) groups excluding carboxylic acids is 1. The van der Waals surface area contributed by atoms with Gasteiger partial charge in [-0.1, -0.05) is 43.3 Å². The number of carbonyl (C=O) groups is 1. The number of alkyl halides is 2. The van der Waals surface area contributed by atoms with Gasteiger partial charge in [-0.2, -0.15) is 0 Å². The van der Waals surface area contributed by atoms with Crippen molar-refractivity contribution in [3.63, 3.8) is 0 Å². The predicted octanol–water partition coefficient (Wildman–Crippen LogP) is 5.19. The van der Waals surface area contributed by atoms with Crippen molar-refractivity contribution < 1.29 is 13.6 Å². The lowest BCUT2D eigenvalue weighted by Crippen LogP contribution is -2.15. The Morgan fingerprint density at radius 3 is 2.11 bits per heavy atom. The minimum atomic E-state index is -2.87. The lowest BCUT2D eigenvalue weighted by molar-refractivity contribution is -0.115. The summed E-state index contributed by atoms with van der Waals surface area (Å²) in [6, 6.07) is 16.2. The van der Waals surface area contributed by atoms with Gasteiger partial charge in [-0.25, -0.2) is 8.78 Å². The molecule has 0 aliphatic rings. The molecule has 1 N–H and O–H groups in total. The molecule has 2 aromatic heterocycles. The normalized spacial score (nSPS) is 11.3. The van der Waals surface area contributed by atoms with E-state index in [2.05, 4.69) is 15.3 Å². The molecule has 0 radical (unpaired) electrons. The molecular formula is C27H24F2N4O2. The Labute approximate surface area is 201 Å². The zero-order valence-corrected chi connectivity index (χ0v) is 19.3. The van der Waals surface area contributed by atoms with Crippen LogP contribution < -0.4 is 10.9 Å². The first kappa shape index (κ1) is 23.9. The van der Waals surface area contributed by atoms with Gasteiger partial charge in [-0.05, 0) is 23.8 Å². The second kappa shape index (κ2) is 9.97. The fraction of sp³-hybridized carbons (Fsp3) is 0.185. The molecule has 178 valence electrons. The molecule has 0 fully saturated rings. The highest BCUT2D eigenvalue weighted by atomic mass is 19.3. The van der Waals surface area contributed by atoms with Gasteiger partial charge in [-0.3, -0.25) is 19.6 Å². The molecule has 6 nitrogen and oxygen atoms in total. The van der Waals surface area contributed by atoms with Crippen LogP contribution in [-0.4, -0.2) is 20.4 Å². The molecule has 0 spiro atoms. The Morgan fingerprint density at radius 2 is 1.51 bits per heavy atom. The Bertz CT molecular complexity index is 1400. The van der Waals surface area contributed by atoms with E-state index in [1.807, 2.05) is 12.1 Å². The molecule has 0 aliphatic heterocycles. The summed E-state index contributed by atoms with van der Waals surface area (Å²) in [5.41, 5.74) is 3.92. The third kappa shape index (κ3) is 5.48. The zero-order chi connectivity index (χ0) is 25.0. The Hall–Kier alpha value is -4.20. The van der Waals surface area contributed by atoms with Crippen molar-refractivity contribution >= 4 is 11.6 Å². The molecule has 0 saturated carbocycles. The summed E-state index contributed by atoms with van der Waals surface area (Å²) in [6.07, 6.45) is 4.69. The maximum atomic E-state index is 13.8. The monoisotopic (exact) mass is 474 g/mol. The third-order valence-corrected chi connectivity index (χ3v) is 5.68. The number of anilines is 1. The van der Waals surface area contributed by atoms with Crippen LogP contribution in [0.5, 0.6) is 0 Å². The van der Waals surface area contributed by atoms with Crippen molar-refractivity contribution in [2.75, 3.05) is 5.32 Å². The van der Waals surface area contributed by atoms with Crippen LogP contribution in [0, 0.1) is 0 Å². The molecule has 35 heavy (non-hydrogen) atoms. The molecule has 0 unspecified atom stereocenters. The first-order valence-corrected chi connectivity index (χ1v) is 11.1. The standard InChI is InChI=1S/C27H24F2N4O2/c1-3-27(28,29)21-9-4-18(5-10-21)16-23(34)32-22-11-6-19(7-12-22)25-26(31-15-14-30-25)20-8-13-24(35)33(2)17-20/h4-15,17H,3,16H2,1-2H3,(H,32,34). The highest BCUT2D eigenvalue weighted by Gasteiger charge is 2.28. The number of hydrogen-bond acceptors (Lipinski definition) is 4. The highest BCUT2D eigenvalue weighted by Crippen LogP contribution is 2.31. The SMILES string of the molecule is CCC(F)(F)c1ccc(CC(=O)Nc2ccc(-c3nccnc3-c3ccc(=O)n(C)c3)cc2)cc1. The van der Waals surface area contributed by atoms with E-state index in [4.69, 9.17) is 0 Å². The van der Waals surface area contributed by atoms with Crippen molar-refractivity contribution in [1.29, 1.82) is 0 Å². The second-order valence-corrected chi connectivity index (χ2v) is 8.18. The van der Waals surface area contributed by atoms with Gasteiger partial charge in [0.2, 0.25) is 11.5 Å². The molecule has 4 rings (SSSR count). The summed E-state index contributed by atoms with van der Waals surface area (Å²) in [5, 5.41) is 2.82. The van der Waals surface area contributed by atoms with Gasteiger partial charge in [0.15, 0.2) is 0 Å².